The van der Waals surface area contributed by atoms with Crippen LogP contribution >= 0.6 is 11.3 Å². The molecule has 0 atom stereocenters. The van der Waals surface area contributed by atoms with Gasteiger partial charge in [-0.3, -0.25) is 9.59 Å². The van der Waals surface area contributed by atoms with Crippen molar-refractivity contribution in [1.29, 1.82) is 0 Å². The molecule has 1 aliphatic carbocycles. The van der Waals surface area contributed by atoms with Gasteiger partial charge in [0.15, 0.2) is 16.5 Å². The SMILES string of the molecule is Cc1ccc(CC(=O)Cc2nc(CS(=O)(=O)c3ncnc4nc[nH]c34)cs2)c(C(=O)C2CCCC2)c1. The number of benzene rings is 1. The number of Topliss-reactive ketones (excluding diaryl/α,β-unsaturated/α-hetero) is 2. The summed E-state index contributed by atoms with van der Waals surface area (Å²) in [4.78, 5) is 45.0. The third-order valence-corrected chi connectivity index (χ3v) is 8.88. The van der Waals surface area contributed by atoms with Gasteiger partial charge < -0.3 is 4.98 Å². The topological polar surface area (TPSA) is 136 Å². The highest BCUT2D eigenvalue weighted by Crippen LogP contribution is 2.30. The molecule has 0 aliphatic heterocycles. The molecule has 186 valence electrons. The molecule has 0 unspecified atom stereocenters. The van der Waals surface area contributed by atoms with Crippen molar-refractivity contribution in [3.05, 3.63) is 63.6 Å². The summed E-state index contributed by atoms with van der Waals surface area (Å²) >= 11 is 1.25. The average molecular weight is 524 g/mol. The van der Waals surface area contributed by atoms with Gasteiger partial charge in [-0.05, 0) is 31.4 Å². The molecule has 0 amide bonds. The molecule has 1 N–H and O–H groups in total. The Hall–Kier alpha value is -3.31. The van der Waals surface area contributed by atoms with E-state index in [9.17, 15) is 18.0 Å². The van der Waals surface area contributed by atoms with Crippen LogP contribution < -0.4 is 0 Å². The van der Waals surface area contributed by atoms with Gasteiger partial charge in [0.25, 0.3) is 0 Å². The minimum Gasteiger partial charge on any atom is -0.341 e. The van der Waals surface area contributed by atoms with Gasteiger partial charge in [0, 0.05) is 23.3 Å². The van der Waals surface area contributed by atoms with Crippen LogP contribution in [0.3, 0.4) is 0 Å². The van der Waals surface area contributed by atoms with E-state index in [1.165, 1.54) is 17.7 Å². The lowest BCUT2D eigenvalue weighted by Crippen LogP contribution is -2.16. The second kappa shape index (κ2) is 9.98. The maximum Gasteiger partial charge on any atom is 0.203 e. The number of H-pyrrole nitrogens is 1. The maximum absolute atomic E-state index is 13.1. The zero-order valence-corrected chi connectivity index (χ0v) is 21.4. The Labute approximate surface area is 212 Å². The molecule has 1 aromatic carbocycles. The quantitative estimate of drug-likeness (QED) is 0.258. The van der Waals surface area contributed by atoms with Crippen LogP contribution in [0.4, 0.5) is 0 Å². The monoisotopic (exact) mass is 523 g/mol. The molecular formula is C25H25N5O4S2. The van der Waals surface area contributed by atoms with E-state index in [4.69, 9.17) is 0 Å². The Kier molecular flexibility index (Phi) is 6.76. The number of hydrogen-bond acceptors (Lipinski definition) is 9. The van der Waals surface area contributed by atoms with Crippen molar-refractivity contribution >= 4 is 43.9 Å². The predicted molar refractivity (Wildman–Crippen MR) is 135 cm³/mol. The van der Waals surface area contributed by atoms with Gasteiger partial charge in [-0.1, -0.05) is 30.5 Å². The lowest BCUT2D eigenvalue weighted by atomic mass is 9.90. The van der Waals surface area contributed by atoms with Gasteiger partial charge in [-0.15, -0.1) is 11.3 Å². The number of thiazole rings is 1. The first kappa shape index (κ1) is 24.4. The fraction of sp³-hybridized carbons (Fsp3) is 0.360. The average Bonchev–Trinajstić information content (AvgIpc) is 3.61. The summed E-state index contributed by atoms with van der Waals surface area (Å²) in [5.41, 5.74) is 3.26. The molecular weight excluding hydrogens is 498 g/mol. The van der Waals surface area contributed by atoms with Gasteiger partial charge in [0.2, 0.25) is 9.84 Å². The summed E-state index contributed by atoms with van der Waals surface area (Å²) in [7, 11) is -3.80. The molecule has 4 aromatic rings. The van der Waals surface area contributed by atoms with Crippen molar-refractivity contribution in [3.8, 4) is 0 Å². The second-order valence-corrected chi connectivity index (χ2v) is 12.0. The lowest BCUT2D eigenvalue weighted by Gasteiger charge is -2.13. The number of carbonyl (C=O) groups is 2. The third kappa shape index (κ3) is 5.12. The largest absolute Gasteiger partial charge is 0.341 e. The summed E-state index contributed by atoms with van der Waals surface area (Å²) < 4.78 is 25.9. The standard InChI is InChI=1S/C25H25N5O4S2/c1-15-6-7-17(20(8-15)23(32)16-4-2-3-5-16)9-19(31)10-21-30-18(11-35-21)12-36(33,34)25-22-24(27-13-26-22)28-14-29-25/h6-8,11,13-14,16H,2-5,9-10,12H2,1H3,(H,26,27,28,29). The Morgan fingerprint density at radius 3 is 2.72 bits per heavy atom. The number of aryl methyl sites for hydroxylation is 1. The van der Waals surface area contributed by atoms with Crippen molar-refractivity contribution in [3.63, 3.8) is 0 Å². The lowest BCUT2D eigenvalue weighted by molar-refractivity contribution is -0.117. The van der Waals surface area contributed by atoms with E-state index in [1.807, 2.05) is 25.1 Å². The van der Waals surface area contributed by atoms with Gasteiger partial charge >= 0.3 is 0 Å². The number of rotatable bonds is 9. The molecule has 1 aliphatic rings. The first-order chi connectivity index (χ1) is 17.3. The fourth-order valence-corrected chi connectivity index (χ4v) is 6.93. The van der Waals surface area contributed by atoms with E-state index in [0.717, 1.165) is 43.1 Å². The van der Waals surface area contributed by atoms with Crippen LogP contribution in [0.5, 0.6) is 0 Å². The van der Waals surface area contributed by atoms with E-state index < -0.39 is 9.84 Å². The first-order valence-corrected chi connectivity index (χ1v) is 14.3. The molecule has 9 nitrogen and oxygen atoms in total. The molecule has 1 fully saturated rings. The molecule has 0 saturated heterocycles. The zero-order valence-electron chi connectivity index (χ0n) is 19.7. The highest BCUT2D eigenvalue weighted by Gasteiger charge is 2.27. The second-order valence-electron chi connectivity index (χ2n) is 9.17. The Balaban J connectivity index is 1.28. The van der Waals surface area contributed by atoms with Gasteiger partial charge in [-0.2, -0.15) is 0 Å². The minimum atomic E-state index is -3.80. The van der Waals surface area contributed by atoms with E-state index in [-0.39, 0.29) is 52.3 Å². The highest BCUT2D eigenvalue weighted by molar-refractivity contribution is 7.90. The van der Waals surface area contributed by atoms with Crippen LogP contribution in [-0.4, -0.2) is 44.9 Å². The van der Waals surface area contributed by atoms with Crippen molar-refractivity contribution in [2.24, 2.45) is 5.92 Å². The Bertz CT molecular complexity index is 1550. The maximum atomic E-state index is 13.1. The van der Waals surface area contributed by atoms with E-state index in [1.54, 1.807) is 5.38 Å². The fourth-order valence-electron chi connectivity index (χ4n) is 4.66. The number of ketones is 2. The van der Waals surface area contributed by atoms with Crippen LogP contribution in [0.1, 0.15) is 57.9 Å². The van der Waals surface area contributed by atoms with Crippen molar-refractivity contribution in [2.75, 3.05) is 0 Å². The smallest absolute Gasteiger partial charge is 0.203 e. The molecule has 0 radical (unpaired) electrons. The molecule has 5 rings (SSSR count). The van der Waals surface area contributed by atoms with Crippen molar-refractivity contribution < 1.29 is 18.0 Å². The van der Waals surface area contributed by atoms with Crippen LogP contribution in [0.15, 0.2) is 41.3 Å². The zero-order chi connectivity index (χ0) is 25.3. The number of aromatic amines is 1. The van der Waals surface area contributed by atoms with Gasteiger partial charge in [-0.25, -0.2) is 28.4 Å². The van der Waals surface area contributed by atoms with Crippen molar-refractivity contribution in [2.45, 2.75) is 56.2 Å². The number of nitrogens with one attached hydrogen (secondary N) is 1. The summed E-state index contributed by atoms with van der Waals surface area (Å²) in [6.45, 7) is 1.95. The van der Waals surface area contributed by atoms with Gasteiger partial charge in [0.05, 0.1) is 24.2 Å². The van der Waals surface area contributed by atoms with E-state index >= 15 is 0 Å². The van der Waals surface area contributed by atoms with Gasteiger partial charge in [0.1, 0.15) is 22.6 Å². The van der Waals surface area contributed by atoms with Crippen LogP contribution in [0.25, 0.3) is 11.2 Å². The number of sulfone groups is 1. The Morgan fingerprint density at radius 2 is 1.92 bits per heavy atom. The number of carbonyl (C=O) groups excluding carboxylic acids is 2. The Morgan fingerprint density at radius 1 is 1.11 bits per heavy atom. The summed E-state index contributed by atoms with van der Waals surface area (Å²) in [5, 5.41) is 2.05. The van der Waals surface area contributed by atoms with Crippen LogP contribution in [0.2, 0.25) is 0 Å². The number of aromatic nitrogens is 5. The predicted octanol–water partition coefficient (Wildman–Crippen LogP) is 3.82. The summed E-state index contributed by atoms with van der Waals surface area (Å²) in [5.74, 6) is -0.238. The highest BCUT2D eigenvalue weighted by atomic mass is 32.2. The van der Waals surface area contributed by atoms with Crippen molar-refractivity contribution in [1.82, 2.24) is 24.9 Å². The third-order valence-electron chi connectivity index (χ3n) is 6.41. The number of nitrogens with zero attached hydrogens (tertiary/aromatic N) is 4. The number of fused-ring (bicyclic) bond motifs is 1. The number of imidazole rings is 1. The molecule has 3 aromatic heterocycles. The molecule has 0 spiro atoms. The molecule has 36 heavy (non-hydrogen) atoms. The van der Waals surface area contributed by atoms with E-state index in [0.29, 0.717) is 16.3 Å². The molecule has 3 heterocycles. The van der Waals surface area contributed by atoms with Crippen LogP contribution in [0, 0.1) is 12.8 Å². The van der Waals surface area contributed by atoms with Crippen LogP contribution in [-0.2, 0) is 33.2 Å². The molecule has 0 bridgehead atoms. The summed E-state index contributed by atoms with van der Waals surface area (Å²) in [6, 6.07) is 5.68. The first-order valence-electron chi connectivity index (χ1n) is 11.8. The van der Waals surface area contributed by atoms with E-state index in [2.05, 4.69) is 24.9 Å². The summed E-state index contributed by atoms with van der Waals surface area (Å²) in [6.07, 6.45) is 6.71. The molecule has 11 heteroatoms. The minimum absolute atomic E-state index is 0.0435. The molecule has 1 saturated carbocycles. The number of hydrogen-bond donors (Lipinski definition) is 1. The normalized spacial score (nSPS) is 14.5.